The van der Waals surface area contributed by atoms with E-state index in [1.54, 1.807) is 6.08 Å². The maximum atomic E-state index is 12.5. The molecular weight excluding hydrogens is 704 g/mol. The molecule has 0 unspecified atom stereocenters. The van der Waals surface area contributed by atoms with Crippen LogP contribution in [0.15, 0.2) is 103 Å². The molecule has 13 heteroatoms. The smallest absolute Gasteiger partial charge is 0.306 e. The van der Waals surface area contributed by atoms with Gasteiger partial charge in [-0.3, -0.25) is 14.4 Å². The van der Waals surface area contributed by atoms with E-state index in [0.29, 0.717) is 0 Å². The lowest BCUT2D eigenvalue weighted by Gasteiger charge is -2.46. The Kier molecular flexibility index (Phi) is 15.0. The van der Waals surface area contributed by atoms with Gasteiger partial charge in [-0.05, 0) is 28.8 Å². The minimum Gasteiger partial charge on any atom is -0.463 e. The fraction of sp³-hybridized carbons (Fsp3) is 0.425. The predicted molar refractivity (Wildman–Crippen MR) is 194 cm³/mol. The summed E-state index contributed by atoms with van der Waals surface area (Å²) in [6.45, 7) is 4.28. The largest absolute Gasteiger partial charge is 0.463 e. The van der Waals surface area contributed by atoms with Crippen LogP contribution in [0, 0.1) is 0 Å². The van der Waals surface area contributed by atoms with E-state index < -0.39 is 65.9 Å². The number of carbonyl (C=O) groups excluding carboxylic acids is 3. The molecule has 12 nitrogen and oxygen atoms in total. The molecule has 5 rings (SSSR count). The van der Waals surface area contributed by atoms with Crippen LogP contribution < -0.4 is 0 Å². The summed E-state index contributed by atoms with van der Waals surface area (Å²) < 4.78 is 55.1. The Balaban J connectivity index is 1.46. The highest BCUT2D eigenvalue weighted by molar-refractivity contribution is 8.00. The van der Waals surface area contributed by atoms with Gasteiger partial charge in [-0.15, -0.1) is 0 Å². The maximum absolute atomic E-state index is 12.5. The SMILES string of the molecule is CO[C@H]1O[C@H](CS[C@]2(OC(C)=O)C=C[C@@H](OC(C)=O)[C@@H](COC(C)=O)O2)[C@@H](OCc2ccccc2)[C@H](OCc2ccccc2)[C@H]1OCc1ccccc1. The number of rotatable bonds is 17. The van der Waals surface area contributed by atoms with Gasteiger partial charge in [0.25, 0.3) is 5.12 Å². The zero-order chi connectivity index (χ0) is 37.6. The number of esters is 3. The average molecular weight is 751 g/mol. The zero-order valence-corrected chi connectivity index (χ0v) is 31.0. The Morgan fingerprint density at radius 2 is 1.21 bits per heavy atom. The second kappa shape index (κ2) is 19.8. The first kappa shape index (κ1) is 40.1. The van der Waals surface area contributed by atoms with Crippen molar-refractivity contribution >= 4 is 29.7 Å². The average Bonchev–Trinajstić information content (AvgIpc) is 3.15. The van der Waals surface area contributed by atoms with Crippen molar-refractivity contribution in [3.8, 4) is 0 Å². The number of hydrogen-bond donors (Lipinski definition) is 0. The van der Waals surface area contributed by atoms with Crippen LogP contribution in [0.25, 0.3) is 0 Å². The van der Waals surface area contributed by atoms with Crippen LogP contribution in [0.3, 0.4) is 0 Å². The Morgan fingerprint density at radius 3 is 1.70 bits per heavy atom. The first-order chi connectivity index (χ1) is 25.6. The molecule has 0 bridgehead atoms. The van der Waals surface area contributed by atoms with Crippen molar-refractivity contribution in [2.45, 2.75) is 88.6 Å². The minimum atomic E-state index is -1.70. The van der Waals surface area contributed by atoms with E-state index in [4.69, 9.17) is 42.6 Å². The summed E-state index contributed by atoms with van der Waals surface area (Å²) in [7, 11) is 1.54. The maximum Gasteiger partial charge on any atom is 0.306 e. The van der Waals surface area contributed by atoms with Crippen molar-refractivity contribution in [2.75, 3.05) is 19.5 Å². The summed E-state index contributed by atoms with van der Waals surface area (Å²) in [6.07, 6.45) is -2.54. The van der Waals surface area contributed by atoms with Crippen molar-refractivity contribution in [3.63, 3.8) is 0 Å². The summed E-state index contributed by atoms with van der Waals surface area (Å²) in [6, 6.07) is 29.3. The molecule has 2 aliphatic rings. The third-order valence-corrected chi connectivity index (χ3v) is 9.55. The van der Waals surface area contributed by atoms with E-state index in [-0.39, 0.29) is 32.2 Å². The van der Waals surface area contributed by atoms with Gasteiger partial charge in [-0.1, -0.05) is 103 Å². The van der Waals surface area contributed by atoms with Crippen molar-refractivity contribution < 1.29 is 57.0 Å². The van der Waals surface area contributed by atoms with E-state index in [1.807, 2.05) is 91.0 Å². The molecule has 0 aliphatic carbocycles. The fourth-order valence-corrected chi connectivity index (χ4v) is 7.13. The zero-order valence-electron chi connectivity index (χ0n) is 30.2. The highest BCUT2D eigenvalue weighted by Crippen LogP contribution is 2.40. The van der Waals surface area contributed by atoms with Crippen LogP contribution in [0.1, 0.15) is 37.5 Å². The number of methoxy groups -OCH3 is 1. The van der Waals surface area contributed by atoms with Crippen molar-refractivity contribution in [3.05, 3.63) is 120 Å². The standard InChI is InChI=1S/C40H46O12S/c1-27(41)45-25-34-33(49-28(2)42)20-21-40(52-34,51-29(3)43)53-26-35-36(46-22-30-14-8-5-9-15-30)37(47-23-31-16-10-6-11-17-31)38(39(44-4)50-35)48-24-32-18-12-7-13-19-32/h5-21,33-39H,22-26H2,1-4H3/t33-,34-,35-,36-,37+,38-,39+,40+/m1/s1. The third-order valence-electron chi connectivity index (χ3n) is 8.34. The van der Waals surface area contributed by atoms with E-state index in [9.17, 15) is 14.4 Å². The molecule has 0 N–H and O–H groups in total. The molecule has 2 heterocycles. The quantitative estimate of drug-likeness (QED) is 0.0744. The van der Waals surface area contributed by atoms with Gasteiger partial charge >= 0.3 is 17.9 Å². The van der Waals surface area contributed by atoms with Crippen molar-refractivity contribution in [1.82, 2.24) is 0 Å². The number of thioether (sulfide) groups is 1. The Morgan fingerprint density at radius 1 is 0.679 bits per heavy atom. The van der Waals surface area contributed by atoms with Crippen LogP contribution in [0.5, 0.6) is 0 Å². The van der Waals surface area contributed by atoms with Gasteiger partial charge in [0.15, 0.2) is 6.29 Å². The summed E-state index contributed by atoms with van der Waals surface area (Å²) in [4.78, 5) is 36.1. The van der Waals surface area contributed by atoms with E-state index in [0.717, 1.165) is 28.5 Å². The van der Waals surface area contributed by atoms with Crippen molar-refractivity contribution in [1.29, 1.82) is 0 Å². The summed E-state index contributed by atoms with van der Waals surface area (Å²) in [5.41, 5.74) is 2.86. The lowest BCUT2D eigenvalue weighted by Crippen LogP contribution is -2.61. The molecule has 0 saturated carbocycles. The summed E-state index contributed by atoms with van der Waals surface area (Å²) in [5.74, 6) is -1.60. The highest BCUT2D eigenvalue weighted by Gasteiger charge is 2.51. The molecule has 0 aromatic heterocycles. The normalized spacial score (nSPS) is 26.8. The monoisotopic (exact) mass is 750 g/mol. The van der Waals surface area contributed by atoms with Gasteiger partial charge in [0, 0.05) is 33.6 Å². The number of carbonyl (C=O) groups is 3. The lowest BCUT2D eigenvalue weighted by atomic mass is 9.98. The number of hydrogen-bond acceptors (Lipinski definition) is 13. The summed E-state index contributed by atoms with van der Waals surface area (Å²) in [5, 5.41) is -1.70. The van der Waals surface area contributed by atoms with Crippen LogP contribution in [0.2, 0.25) is 0 Å². The molecule has 284 valence electrons. The van der Waals surface area contributed by atoms with E-state index in [1.165, 1.54) is 34.0 Å². The van der Waals surface area contributed by atoms with E-state index in [2.05, 4.69) is 0 Å². The number of benzene rings is 3. The molecule has 1 saturated heterocycles. The molecule has 0 radical (unpaired) electrons. The molecule has 8 atom stereocenters. The van der Waals surface area contributed by atoms with Gasteiger partial charge in [0.2, 0.25) is 0 Å². The van der Waals surface area contributed by atoms with Crippen LogP contribution >= 0.6 is 11.8 Å². The fourth-order valence-electron chi connectivity index (χ4n) is 5.93. The second-order valence-corrected chi connectivity index (χ2v) is 13.7. The number of ether oxygens (including phenoxy) is 9. The minimum absolute atomic E-state index is 0.145. The topological polar surface area (TPSA) is 134 Å². The van der Waals surface area contributed by atoms with Crippen LogP contribution in [0.4, 0.5) is 0 Å². The van der Waals surface area contributed by atoms with Gasteiger partial charge < -0.3 is 42.6 Å². The van der Waals surface area contributed by atoms with Crippen molar-refractivity contribution in [2.24, 2.45) is 0 Å². The molecule has 0 amide bonds. The lowest BCUT2D eigenvalue weighted by molar-refractivity contribution is -0.313. The Hall–Kier alpha value is -4.08. The van der Waals surface area contributed by atoms with Gasteiger partial charge in [0.1, 0.15) is 37.1 Å². The molecule has 3 aromatic carbocycles. The summed E-state index contributed by atoms with van der Waals surface area (Å²) >= 11 is 1.11. The van der Waals surface area contributed by atoms with Gasteiger partial charge in [-0.25, -0.2) is 0 Å². The van der Waals surface area contributed by atoms with Crippen LogP contribution in [-0.4, -0.2) is 85.4 Å². The first-order valence-electron chi connectivity index (χ1n) is 17.3. The molecule has 2 aliphatic heterocycles. The molecule has 53 heavy (non-hydrogen) atoms. The highest BCUT2D eigenvalue weighted by atomic mass is 32.2. The van der Waals surface area contributed by atoms with Gasteiger partial charge in [0.05, 0.1) is 25.9 Å². The van der Waals surface area contributed by atoms with Gasteiger partial charge in [-0.2, -0.15) is 0 Å². The molecule has 1 fully saturated rings. The molecule has 3 aromatic rings. The van der Waals surface area contributed by atoms with E-state index >= 15 is 0 Å². The molecule has 0 spiro atoms. The second-order valence-electron chi connectivity index (χ2n) is 12.5. The third kappa shape index (κ3) is 12.0. The Bertz CT molecular complexity index is 1620. The molecular formula is C40H46O12S. The van der Waals surface area contributed by atoms with Crippen LogP contribution in [-0.2, 0) is 76.8 Å². The predicted octanol–water partition coefficient (Wildman–Crippen LogP) is 5.51. The first-order valence-corrected chi connectivity index (χ1v) is 18.3. The Labute approximate surface area is 314 Å².